The molecule has 0 bridgehead atoms. The van der Waals surface area contributed by atoms with Crippen molar-refractivity contribution in [2.24, 2.45) is 0 Å². The second-order valence-electron chi connectivity index (χ2n) is 4.22. The molecule has 0 atom stereocenters. The Kier molecular flexibility index (Phi) is 5.45. The van der Waals surface area contributed by atoms with Gasteiger partial charge in [-0.2, -0.15) is 0 Å². The minimum Gasteiger partial charge on any atom is -0.497 e. The summed E-state index contributed by atoms with van der Waals surface area (Å²) in [7, 11) is 1.66. The molecular weight excluding hydrogens is 232 g/mol. The summed E-state index contributed by atoms with van der Waals surface area (Å²) in [6.45, 7) is 2.81. The van der Waals surface area contributed by atoms with E-state index in [1.54, 1.807) is 7.11 Å². The second kappa shape index (κ2) is 7.36. The molecule has 1 aliphatic rings. The molecule has 1 heterocycles. The highest BCUT2D eigenvalue weighted by atomic mass is 16.7. The number of hydrogen-bond donors (Lipinski definition) is 0. The topological polar surface area (TPSA) is 36.9 Å². The first kappa shape index (κ1) is 13.3. The van der Waals surface area contributed by atoms with Crippen molar-refractivity contribution in [2.75, 3.05) is 26.9 Å². The monoisotopic (exact) mass is 252 g/mol. The van der Waals surface area contributed by atoms with Gasteiger partial charge in [0.2, 0.25) is 0 Å². The smallest absolute Gasteiger partial charge is 0.159 e. The van der Waals surface area contributed by atoms with Crippen LogP contribution in [-0.4, -0.2) is 33.2 Å². The number of methoxy groups -OCH3 is 1. The average molecular weight is 252 g/mol. The minimum atomic E-state index is -0.0935. The Morgan fingerprint density at radius 3 is 2.89 bits per heavy atom. The van der Waals surface area contributed by atoms with Crippen LogP contribution >= 0.6 is 0 Å². The first-order chi connectivity index (χ1) is 8.88. The van der Waals surface area contributed by atoms with E-state index < -0.39 is 0 Å². The van der Waals surface area contributed by atoms with E-state index in [1.807, 2.05) is 24.3 Å². The van der Waals surface area contributed by atoms with Gasteiger partial charge >= 0.3 is 0 Å². The predicted octanol–water partition coefficient (Wildman–Crippen LogP) is 2.36. The van der Waals surface area contributed by atoms with Crippen LogP contribution in [-0.2, 0) is 20.8 Å². The van der Waals surface area contributed by atoms with Crippen LogP contribution in [0.5, 0.6) is 5.75 Å². The molecule has 0 aromatic heterocycles. The SMILES string of the molecule is COc1cccc(COCCC2OCCCO2)c1. The van der Waals surface area contributed by atoms with E-state index >= 15 is 0 Å². The molecule has 0 spiro atoms. The van der Waals surface area contributed by atoms with Crippen molar-refractivity contribution in [1.82, 2.24) is 0 Å². The largest absolute Gasteiger partial charge is 0.497 e. The Bertz CT molecular complexity index is 347. The van der Waals surface area contributed by atoms with Crippen molar-refractivity contribution >= 4 is 0 Å². The maximum Gasteiger partial charge on any atom is 0.159 e. The highest BCUT2D eigenvalue weighted by Crippen LogP contribution is 2.14. The summed E-state index contributed by atoms with van der Waals surface area (Å²) in [5.41, 5.74) is 1.11. The molecule has 4 nitrogen and oxygen atoms in total. The van der Waals surface area contributed by atoms with Gasteiger partial charge in [0.1, 0.15) is 5.75 Å². The van der Waals surface area contributed by atoms with E-state index in [0.717, 1.165) is 37.4 Å². The Hall–Kier alpha value is -1.10. The molecule has 0 radical (unpaired) electrons. The predicted molar refractivity (Wildman–Crippen MR) is 67.6 cm³/mol. The molecule has 1 aromatic carbocycles. The molecular formula is C14H20O4. The molecule has 2 rings (SSSR count). The number of rotatable bonds is 6. The second-order valence-corrected chi connectivity index (χ2v) is 4.22. The van der Waals surface area contributed by atoms with Crippen molar-refractivity contribution < 1.29 is 18.9 Å². The zero-order valence-electron chi connectivity index (χ0n) is 10.8. The average Bonchev–Trinajstić information content (AvgIpc) is 2.45. The van der Waals surface area contributed by atoms with E-state index in [-0.39, 0.29) is 6.29 Å². The number of hydrogen-bond acceptors (Lipinski definition) is 4. The van der Waals surface area contributed by atoms with Crippen LogP contribution in [0.4, 0.5) is 0 Å². The standard InChI is InChI=1S/C14H20O4/c1-15-13-5-2-4-12(10-13)11-16-9-6-14-17-7-3-8-18-14/h2,4-5,10,14H,3,6-9,11H2,1H3. The lowest BCUT2D eigenvalue weighted by molar-refractivity contribution is -0.186. The summed E-state index contributed by atoms with van der Waals surface area (Å²) < 4.78 is 21.7. The fraction of sp³-hybridized carbons (Fsp3) is 0.571. The lowest BCUT2D eigenvalue weighted by Gasteiger charge is -2.22. The third-order valence-corrected chi connectivity index (χ3v) is 2.80. The third-order valence-electron chi connectivity index (χ3n) is 2.80. The van der Waals surface area contributed by atoms with Crippen LogP contribution in [0.3, 0.4) is 0 Å². The van der Waals surface area contributed by atoms with Gasteiger partial charge < -0.3 is 18.9 Å². The van der Waals surface area contributed by atoms with Crippen LogP contribution in [0.15, 0.2) is 24.3 Å². The van der Waals surface area contributed by atoms with Gasteiger partial charge in [-0.1, -0.05) is 12.1 Å². The van der Waals surface area contributed by atoms with Gasteiger partial charge in [-0.05, 0) is 24.1 Å². The van der Waals surface area contributed by atoms with Gasteiger partial charge in [0, 0.05) is 6.42 Å². The van der Waals surface area contributed by atoms with Crippen molar-refractivity contribution in [3.8, 4) is 5.75 Å². The Balaban J connectivity index is 1.65. The molecule has 100 valence electrons. The van der Waals surface area contributed by atoms with Crippen LogP contribution in [0.1, 0.15) is 18.4 Å². The quantitative estimate of drug-likeness (QED) is 0.728. The number of benzene rings is 1. The van der Waals surface area contributed by atoms with E-state index in [1.165, 1.54) is 0 Å². The fourth-order valence-electron chi connectivity index (χ4n) is 1.84. The van der Waals surface area contributed by atoms with E-state index in [9.17, 15) is 0 Å². The van der Waals surface area contributed by atoms with Crippen molar-refractivity contribution in [2.45, 2.75) is 25.7 Å². The molecule has 0 unspecified atom stereocenters. The van der Waals surface area contributed by atoms with Gasteiger partial charge in [-0.15, -0.1) is 0 Å². The molecule has 0 saturated carbocycles. The molecule has 0 N–H and O–H groups in total. The maximum atomic E-state index is 5.61. The van der Waals surface area contributed by atoms with Gasteiger partial charge in [0.05, 0.1) is 33.5 Å². The summed E-state index contributed by atoms with van der Waals surface area (Å²) in [5, 5.41) is 0. The van der Waals surface area contributed by atoms with Gasteiger partial charge in [0.25, 0.3) is 0 Å². The third kappa shape index (κ3) is 4.29. The first-order valence-electron chi connectivity index (χ1n) is 6.32. The maximum absolute atomic E-state index is 5.61. The van der Waals surface area contributed by atoms with Crippen molar-refractivity contribution in [3.05, 3.63) is 29.8 Å². The summed E-state index contributed by atoms with van der Waals surface area (Å²) in [4.78, 5) is 0. The molecule has 4 heteroatoms. The van der Waals surface area contributed by atoms with Gasteiger partial charge in [-0.25, -0.2) is 0 Å². The van der Waals surface area contributed by atoms with Crippen molar-refractivity contribution in [1.29, 1.82) is 0 Å². The summed E-state index contributed by atoms with van der Waals surface area (Å²) in [6.07, 6.45) is 1.68. The van der Waals surface area contributed by atoms with Crippen LogP contribution in [0.25, 0.3) is 0 Å². The summed E-state index contributed by atoms with van der Waals surface area (Å²) in [5.74, 6) is 0.857. The van der Waals surface area contributed by atoms with Crippen molar-refractivity contribution in [3.63, 3.8) is 0 Å². The summed E-state index contributed by atoms with van der Waals surface area (Å²) >= 11 is 0. The Labute approximate surface area is 108 Å². The molecule has 0 aliphatic carbocycles. The Morgan fingerprint density at radius 2 is 2.11 bits per heavy atom. The molecule has 18 heavy (non-hydrogen) atoms. The lowest BCUT2D eigenvalue weighted by atomic mass is 10.2. The minimum absolute atomic E-state index is 0.0935. The van der Waals surface area contributed by atoms with Gasteiger partial charge in [-0.3, -0.25) is 0 Å². The van der Waals surface area contributed by atoms with E-state index in [2.05, 4.69) is 0 Å². The normalized spacial score (nSPS) is 16.7. The molecule has 0 amide bonds. The highest BCUT2D eigenvalue weighted by molar-refractivity contribution is 5.27. The van der Waals surface area contributed by atoms with Crippen LogP contribution < -0.4 is 4.74 Å². The van der Waals surface area contributed by atoms with E-state index in [4.69, 9.17) is 18.9 Å². The van der Waals surface area contributed by atoms with E-state index in [0.29, 0.717) is 13.2 Å². The Morgan fingerprint density at radius 1 is 1.28 bits per heavy atom. The van der Waals surface area contributed by atoms with Crippen LogP contribution in [0, 0.1) is 0 Å². The fourth-order valence-corrected chi connectivity index (χ4v) is 1.84. The highest BCUT2D eigenvalue weighted by Gasteiger charge is 2.13. The summed E-state index contributed by atoms with van der Waals surface area (Å²) in [6, 6.07) is 7.89. The first-order valence-corrected chi connectivity index (χ1v) is 6.32. The zero-order valence-corrected chi connectivity index (χ0v) is 10.8. The number of ether oxygens (including phenoxy) is 4. The van der Waals surface area contributed by atoms with Gasteiger partial charge in [0.15, 0.2) is 6.29 Å². The van der Waals surface area contributed by atoms with Crippen LogP contribution in [0.2, 0.25) is 0 Å². The molecule has 1 aliphatic heterocycles. The molecule has 1 fully saturated rings. The molecule has 1 aromatic rings. The lowest BCUT2D eigenvalue weighted by Crippen LogP contribution is -2.26. The molecule has 1 saturated heterocycles. The zero-order chi connectivity index (χ0) is 12.6.